The van der Waals surface area contributed by atoms with E-state index in [-0.39, 0.29) is 12.7 Å². The molecule has 2 aromatic carbocycles. The largest absolute Gasteiger partial charge is 0.454 e. The first-order valence-corrected chi connectivity index (χ1v) is 9.74. The van der Waals surface area contributed by atoms with E-state index in [1.807, 2.05) is 41.9 Å². The SMILES string of the molecule is Cc1nn(-c2cccc(Cl)c2)c2sc(C(=O)Nc3ccc4c(c3)OCO4)cc12. The van der Waals surface area contributed by atoms with Gasteiger partial charge in [-0.15, -0.1) is 11.3 Å². The van der Waals surface area contributed by atoms with Crippen LogP contribution in [0.25, 0.3) is 15.9 Å². The van der Waals surface area contributed by atoms with Crippen LogP contribution in [0.4, 0.5) is 5.69 Å². The summed E-state index contributed by atoms with van der Waals surface area (Å²) >= 11 is 7.51. The molecule has 0 bridgehead atoms. The number of halogens is 1. The number of thiophene rings is 1. The molecule has 0 atom stereocenters. The van der Waals surface area contributed by atoms with Gasteiger partial charge in [0.25, 0.3) is 5.91 Å². The van der Waals surface area contributed by atoms with Crippen LogP contribution in [0.15, 0.2) is 48.5 Å². The molecular weight excluding hydrogens is 398 g/mol. The van der Waals surface area contributed by atoms with Crippen LogP contribution < -0.4 is 14.8 Å². The van der Waals surface area contributed by atoms with E-state index in [4.69, 9.17) is 21.1 Å². The van der Waals surface area contributed by atoms with Crippen LogP contribution in [0, 0.1) is 6.92 Å². The fraction of sp³-hybridized carbons (Fsp3) is 0.100. The average Bonchev–Trinajstić information content (AvgIpc) is 3.38. The fourth-order valence-corrected chi connectivity index (χ4v) is 4.37. The monoisotopic (exact) mass is 411 g/mol. The Morgan fingerprint density at radius 2 is 2.04 bits per heavy atom. The Morgan fingerprint density at radius 3 is 2.89 bits per heavy atom. The van der Waals surface area contributed by atoms with Crippen molar-refractivity contribution in [1.82, 2.24) is 9.78 Å². The molecule has 8 heteroatoms. The summed E-state index contributed by atoms with van der Waals surface area (Å²) in [6, 6.07) is 14.7. The van der Waals surface area contributed by atoms with Crippen LogP contribution in [-0.4, -0.2) is 22.5 Å². The van der Waals surface area contributed by atoms with Crippen molar-refractivity contribution in [2.24, 2.45) is 0 Å². The van der Waals surface area contributed by atoms with Crippen molar-refractivity contribution < 1.29 is 14.3 Å². The Kier molecular flexibility index (Phi) is 3.99. The van der Waals surface area contributed by atoms with Gasteiger partial charge >= 0.3 is 0 Å². The summed E-state index contributed by atoms with van der Waals surface area (Å²) in [6.07, 6.45) is 0. The van der Waals surface area contributed by atoms with Crippen molar-refractivity contribution >= 4 is 44.7 Å². The average molecular weight is 412 g/mol. The topological polar surface area (TPSA) is 65.4 Å². The third-order valence-electron chi connectivity index (χ3n) is 4.45. The van der Waals surface area contributed by atoms with Gasteiger partial charge in [-0.3, -0.25) is 4.79 Å². The number of nitrogens with one attached hydrogen (secondary N) is 1. The number of amides is 1. The molecule has 0 saturated carbocycles. The molecule has 140 valence electrons. The molecule has 0 aliphatic carbocycles. The van der Waals surface area contributed by atoms with Gasteiger partial charge in [0.1, 0.15) is 4.83 Å². The van der Waals surface area contributed by atoms with Gasteiger partial charge in [-0.25, -0.2) is 4.68 Å². The molecule has 0 saturated heterocycles. The molecule has 2 aromatic heterocycles. The van der Waals surface area contributed by atoms with Gasteiger partial charge in [-0.05, 0) is 43.3 Å². The van der Waals surface area contributed by atoms with Gasteiger partial charge in [0, 0.05) is 22.2 Å². The van der Waals surface area contributed by atoms with E-state index < -0.39 is 0 Å². The number of aromatic nitrogens is 2. The molecule has 6 nitrogen and oxygen atoms in total. The summed E-state index contributed by atoms with van der Waals surface area (Å²) in [5.74, 6) is 1.12. The minimum atomic E-state index is -0.183. The third kappa shape index (κ3) is 2.89. The summed E-state index contributed by atoms with van der Waals surface area (Å²) in [5.41, 5.74) is 2.36. The number of rotatable bonds is 3. The van der Waals surface area contributed by atoms with Crippen LogP contribution in [0.3, 0.4) is 0 Å². The van der Waals surface area contributed by atoms with Crippen molar-refractivity contribution in [2.75, 3.05) is 12.1 Å². The molecule has 4 aromatic rings. The maximum absolute atomic E-state index is 12.8. The van der Waals surface area contributed by atoms with Gasteiger partial charge in [0.05, 0.1) is 16.3 Å². The van der Waals surface area contributed by atoms with Crippen molar-refractivity contribution in [3.05, 3.63) is 64.1 Å². The molecule has 28 heavy (non-hydrogen) atoms. The summed E-state index contributed by atoms with van der Waals surface area (Å²) in [6.45, 7) is 2.12. The zero-order chi connectivity index (χ0) is 19.3. The predicted octanol–water partition coefficient (Wildman–Crippen LogP) is 5.03. The van der Waals surface area contributed by atoms with E-state index in [9.17, 15) is 4.79 Å². The molecular formula is C20H14ClN3O3S. The number of anilines is 1. The van der Waals surface area contributed by atoms with Crippen molar-refractivity contribution in [2.45, 2.75) is 6.92 Å². The number of hydrogen-bond acceptors (Lipinski definition) is 5. The first kappa shape index (κ1) is 17.1. The van der Waals surface area contributed by atoms with Gasteiger partial charge in [-0.2, -0.15) is 5.10 Å². The molecule has 0 fully saturated rings. The Labute approximate surface area is 169 Å². The third-order valence-corrected chi connectivity index (χ3v) is 5.80. The van der Waals surface area contributed by atoms with E-state index >= 15 is 0 Å². The Morgan fingerprint density at radius 1 is 1.18 bits per heavy atom. The maximum atomic E-state index is 12.8. The van der Waals surface area contributed by atoms with Crippen molar-refractivity contribution in [3.63, 3.8) is 0 Å². The summed E-state index contributed by atoms with van der Waals surface area (Å²) in [4.78, 5) is 14.3. The van der Waals surface area contributed by atoms with E-state index in [0.29, 0.717) is 27.1 Å². The Hall–Kier alpha value is -3.03. The van der Waals surface area contributed by atoms with E-state index in [1.165, 1.54) is 11.3 Å². The number of carbonyl (C=O) groups excluding carboxylic acids is 1. The van der Waals surface area contributed by atoms with Crippen LogP contribution in [0.2, 0.25) is 5.02 Å². The molecule has 3 heterocycles. The second-order valence-corrected chi connectivity index (χ2v) is 7.80. The zero-order valence-electron chi connectivity index (χ0n) is 14.7. The molecule has 1 aliphatic rings. The highest BCUT2D eigenvalue weighted by Crippen LogP contribution is 2.35. The predicted molar refractivity (Wildman–Crippen MR) is 109 cm³/mol. The van der Waals surface area contributed by atoms with E-state index in [2.05, 4.69) is 10.4 Å². The van der Waals surface area contributed by atoms with Gasteiger partial charge in [0.2, 0.25) is 6.79 Å². The second kappa shape index (κ2) is 6.54. The minimum absolute atomic E-state index is 0.183. The van der Waals surface area contributed by atoms with Crippen molar-refractivity contribution in [3.8, 4) is 17.2 Å². The van der Waals surface area contributed by atoms with Crippen LogP contribution in [-0.2, 0) is 0 Å². The number of benzene rings is 2. The van der Waals surface area contributed by atoms with Crippen LogP contribution >= 0.6 is 22.9 Å². The molecule has 0 spiro atoms. The zero-order valence-corrected chi connectivity index (χ0v) is 16.3. The summed E-state index contributed by atoms with van der Waals surface area (Å²) in [5, 5.41) is 9.08. The highest BCUT2D eigenvalue weighted by Gasteiger charge is 2.19. The number of nitrogens with zero attached hydrogens (tertiary/aromatic N) is 2. The van der Waals surface area contributed by atoms with Gasteiger partial charge in [0.15, 0.2) is 11.5 Å². The minimum Gasteiger partial charge on any atom is -0.454 e. The lowest BCUT2D eigenvalue weighted by Gasteiger charge is -2.05. The highest BCUT2D eigenvalue weighted by molar-refractivity contribution is 7.20. The van der Waals surface area contributed by atoms with E-state index in [0.717, 1.165) is 21.6 Å². The fourth-order valence-electron chi connectivity index (χ4n) is 3.11. The molecule has 1 amide bonds. The molecule has 5 rings (SSSR count). The van der Waals surface area contributed by atoms with E-state index in [1.54, 1.807) is 18.2 Å². The molecule has 1 N–H and O–H groups in total. The lowest BCUT2D eigenvalue weighted by Crippen LogP contribution is -2.10. The van der Waals surface area contributed by atoms with Crippen molar-refractivity contribution in [1.29, 1.82) is 0 Å². The standard InChI is InChI=1S/C20H14ClN3O3S/c1-11-15-9-18(19(25)22-13-5-6-16-17(8-13)27-10-26-16)28-20(15)24(23-11)14-4-2-3-12(21)7-14/h2-9H,10H2,1H3,(H,22,25). The molecule has 0 radical (unpaired) electrons. The lowest BCUT2D eigenvalue weighted by molar-refractivity contribution is 0.103. The Balaban J connectivity index is 1.48. The lowest BCUT2D eigenvalue weighted by atomic mass is 10.2. The van der Waals surface area contributed by atoms with Gasteiger partial charge in [-0.1, -0.05) is 17.7 Å². The second-order valence-electron chi connectivity index (χ2n) is 6.33. The first-order valence-electron chi connectivity index (χ1n) is 8.54. The highest BCUT2D eigenvalue weighted by atomic mass is 35.5. The number of fused-ring (bicyclic) bond motifs is 2. The molecule has 0 unspecified atom stereocenters. The van der Waals surface area contributed by atoms with Gasteiger partial charge < -0.3 is 14.8 Å². The summed E-state index contributed by atoms with van der Waals surface area (Å²) in [7, 11) is 0. The quantitative estimate of drug-likeness (QED) is 0.513. The first-order chi connectivity index (χ1) is 13.6. The van der Waals surface area contributed by atoms with Crippen LogP contribution in [0.5, 0.6) is 11.5 Å². The number of hydrogen-bond donors (Lipinski definition) is 1. The number of ether oxygens (including phenoxy) is 2. The summed E-state index contributed by atoms with van der Waals surface area (Å²) < 4.78 is 12.5. The normalized spacial score (nSPS) is 12.5. The number of carbonyl (C=O) groups is 1. The van der Waals surface area contributed by atoms with Crippen LogP contribution in [0.1, 0.15) is 15.4 Å². The number of aryl methyl sites for hydroxylation is 1. The molecule has 1 aliphatic heterocycles. The maximum Gasteiger partial charge on any atom is 0.265 e. The Bertz CT molecular complexity index is 1230. The smallest absolute Gasteiger partial charge is 0.265 e.